The van der Waals surface area contributed by atoms with Gasteiger partial charge in [0.15, 0.2) is 0 Å². The number of aromatic nitrogens is 4. The number of anilines is 3. The Bertz CT molecular complexity index is 1780. The maximum Gasteiger partial charge on any atom is 0.417 e. The molecule has 1 aliphatic rings. The minimum absolute atomic E-state index is 0.0122. The molecule has 41 heavy (non-hydrogen) atoms. The summed E-state index contributed by atoms with van der Waals surface area (Å²) in [5.41, 5.74) is 3.68. The van der Waals surface area contributed by atoms with Crippen molar-refractivity contribution >= 4 is 34.3 Å². The molecule has 0 bridgehead atoms. The van der Waals surface area contributed by atoms with E-state index >= 15 is 0 Å². The predicted octanol–water partition coefficient (Wildman–Crippen LogP) is 6.02. The second-order valence-electron chi connectivity index (χ2n) is 9.68. The first-order valence-electron chi connectivity index (χ1n) is 12.7. The molecule has 208 valence electrons. The van der Waals surface area contributed by atoms with Crippen molar-refractivity contribution in [1.29, 1.82) is 0 Å². The molecule has 1 aliphatic heterocycles. The predicted molar refractivity (Wildman–Crippen MR) is 147 cm³/mol. The van der Waals surface area contributed by atoms with Crippen LogP contribution >= 0.6 is 0 Å². The highest BCUT2D eigenvalue weighted by atomic mass is 19.4. The molecule has 6 rings (SSSR count). The van der Waals surface area contributed by atoms with Gasteiger partial charge < -0.3 is 20.5 Å². The van der Waals surface area contributed by atoms with E-state index in [0.29, 0.717) is 19.2 Å². The number of hydrogen-bond donors (Lipinski definition) is 3. The van der Waals surface area contributed by atoms with Crippen LogP contribution < -0.4 is 16.0 Å². The van der Waals surface area contributed by atoms with Crippen molar-refractivity contribution in [2.45, 2.75) is 19.1 Å². The second kappa shape index (κ2) is 10.2. The summed E-state index contributed by atoms with van der Waals surface area (Å²) in [6, 6.07) is 11.6. The zero-order valence-electron chi connectivity index (χ0n) is 21.7. The molecule has 0 radical (unpaired) electrons. The summed E-state index contributed by atoms with van der Waals surface area (Å²) in [6.07, 6.45) is 0.267. The third-order valence-electron chi connectivity index (χ3n) is 6.92. The van der Waals surface area contributed by atoms with Crippen LogP contribution in [-0.2, 0) is 26.2 Å². The van der Waals surface area contributed by atoms with Gasteiger partial charge >= 0.3 is 6.18 Å². The smallest absolute Gasteiger partial charge is 0.369 e. The molecule has 12 heteroatoms. The summed E-state index contributed by atoms with van der Waals surface area (Å²) < 4.78 is 55.5. The fraction of sp³-hybridized carbons (Fsp3) is 0.172. The molecule has 0 saturated carbocycles. The summed E-state index contributed by atoms with van der Waals surface area (Å²) in [6.45, 7) is 0.859. The number of hydrogen-bond acceptors (Lipinski definition) is 6. The van der Waals surface area contributed by atoms with Crippen LogP contribution in [0.5, 0.6) is 0 Å². The zero-order chi connectivity index (χ0) is 28.7. The molecule has 4 heterocycles. The van der Waals surface area contributed by atoms with Gasteiger partial charge in [0.05, 0.1) is 16.5 Å². The monoisotopic (exact) mass is 561 g/mol. The number of carbonyl (C=O) groups is 1. The number of halogens is 4. The van der Waals surface area contributed by atoms with Crippen molar-refractivity contribution in [3.8, 4) is 11.1 Å². The Morgan fingerprint density at radius 3 is 2.63 bits per heavy atom. The van der Waals surface area contributed by atoms with Gasteiger partial charge in [-0.05, 0) is 53.4 Å². The number of benzene rings is 2. The topological polar surface area (TPSA) is 96.8 Å². The summed E-state index contributed by atoms with van der Waals surface area (Å²) in [5, 5.41) is 9.83. The van der Waals surface area contributed by atoms with E-state index < -0.39 is 23.5 Å². The lowest BCUT2D eigenvalue weighted by molar-refractivity contribution is -0.137. The first-order chi connectivity index (χ1) is 19.7. The standard InChI is InChI=1S/C29H23F4N7O/c1-40-14-23-21-7-2-16(10-17(21)8-9-34-26-24(23)27(40)38-15-37-26)12-35-25-22(11-18(13-36-25)29(31,32)33)28(41)39-20-5-3-19(30)4-6-20/h2-7,10-11,13-15H,8-9,12H2,1H3,(H,35,36)(H,39,41)(H,34,37,38). The van der Waals surface area contributed by atoms with Crippen LogP contribution in [0.4, 0.5) is 34.9 Å². The van der Waals surface area contributed by atoms with Crippen LogP contribution in [0.2, 0.25) is 0 Å². The molecule has 0 spiro atoms. The van der Waals surface area contributed by atoms with Gasteiger partial charge in [0.1, 0.15) is 29.4 Å². The molecule has 8 nitrogen and oxygen atoms in total. The van der Waals surface area contributed by atoms with Gasteiger partial charge in [0.2, 0.25) is 0 Å². The molecular formula is C29H23F4N7O. The first kappa shape index (κ1) is 26.2. The lowest BCUT2D eigenvalue weighted by atomic mass is 9.94. The van der Waals surface area contributed by atoms with Crippen molar-refractivity contribution in [3.63, 3.8) is 0 Å². The van der Waals surface area contributed by atoms with E-state index in [2.05, 4.69) is 30.9 Å². The first-order valence-corrected chi connectivity index (χ1v) is 12.7. The zero-order valence-corrected chi connectivity index (χ0v) is 21.7. The van der Waals surface area contributed by atoms with Gasteiger partial charge in [-0.25, -0.2) is 19.3 Å². The van der Waals surface area contributed by atoms with E-state index in [4.69, 9.17) is 0 Å². The Morgan fingerprint density at radius 1 is 1.05 bits per heavy atom. The van der Waals surface area contributed by atoms with Crippen LogP contribution in [0.1, 0.15) is 27.0 Å². The van der Waals surface area contributed by atoms with Crippen LogP contribution in [0.3, 0.4) is 0 Å². The Hall–Kier alpha value is -5.00. The summed E-state index contributed by atoms with van der Waals surface area (Å²) >= 11 is 0. The van der Waals surface area contributed by atoms with E-state index in [1.54, 1.807) is 0 Å². The minimum atomic E-state index is -4.69. The Morgan fingerprint density at radius 2 is 1.85 bits per heavy atom. The van der Waals surface area contributed by atoms with Crippen molar-refractivity contribution in [3.05, 3.63) is 95.3 Å². The van der Waals surface area contributed by atoms with Gasteiger partial charge in [-0.1, -0.05) is 18.2 Å². The Labute approximate surface area is 231 Å². The van der Waals surface area contributed by atoms with Crippen LogP contribution in [0.15, 0.2) is 67.3 Å². The number of nitrogens with zero attached hydrogens (tertiary/aromatic N) is 4. The number of alkyl halides is 3. The van der Waals surface area contributed by atoms with E-state index in [0.717, 1.165) is 57.3 Å². The Kier molecular flexibility index (Phi) is 6.52. The SMILES string of the molecule is Cn1cc2c3c(ncnc31)NCCc1cc(CNc3ncc(C(F)(F)F)cc3C(=O)Nc3ccc(F)cc3)ccc1-2. The number of amides is 1. The van der Waals surface area contributed by atoms with E-state index in [-0.39, 0.29) is 23.6 Å². The van der Waals surface area contributed by atoms with Crippen molar-refractivity contribution in [1.82, 2.24) is 19.5 Å². The molecular weight excluding hydrogens is 538 g/mol. The molecule has 0 aliphatic carbocycles. The number of fused-ring (bicyclic) bond motifs is 2. The van der Waals surface area contributed by atoms with Crippen molar-refractivity contribution < 1.29 is 22.4 Å². The molecule has 3 aromatic heterocycles. The normalized spacial score (nSPS) is 12.7. The van der Waals surface area contributed by atoms with Gasteiger partial charge in [0, 0.05) is 43.8 Å². The van der Waals surface area contributed by atoms with E-state index in [1.807, 2.05) is 36.0 Å². The molecule has 2 aromatic carbocycles. The molecule has 5 aromatic rings. The number of nitrogens with one attached hydrogen (secondary N) is 3. The average Bonchev–Trinajstić information content (AvgIpc) is 3.28. The number of carbonyl (C=O) groups excluding carboxylic acids is 1. The van der Waals surface area contributed by atoms with Crippen LogP contribution in [-0.4, -0.2) is 32.0 Å². The van der Waals surface area contributed by atoms with Gasteiger partial charge in [-0.3, -0.25) is 4.79 Å². The maximum atomic E-state index is 13.4. The quantitative estimate of drug-likeness (QED) is 0.227. The highest BCUT2D eigenvalue weighted by molar-refractivity contribution is 6.07. The number of pyridine rings is 1. The summed E-state index contributed by atoms with van der Waals surface area (Å²) in [4.78, 5) is 25.7. The molecule has 0 fully saturated rings. The van der Waals surface area contributed by atoms with Crippen molar-refractivity contribution in [2.24, 2.45) is 7.05 Å². The third-order valence-corrected chi connectivity index (χ3v) is 6.92. The lowest BCUT2D eigenvalue weighted by Crippen LogP contribution is -2.18. The fourth-order valence-corrected chi connectivity index (χ4v) is 4.94. The highest BCUT2D eigenvalue weighted by Gasteiger charge is 2.32. The highest BCUT2D eigenvalue weighted by Crippen LogP contribution is 2.37. The maximum absolute atomic E-state index is 13.4. The van der Waals surface area contributed by atoms with Gasteiger partial charge in [-0.15, -0.1) is 0 Å². The largest absolute Gasteiger partial charge is 0.417 e. The van der Waals surface area contributed by atoms with E-state index in [9.17, 15) is 22.4 Å². The van der Waals surface area contributed by atoms with Gasteiger partial charge in [-0.2, -0.15) is 13.2 Å². The molecule has 1 amide bonds. The minimum Gasteiger partial charge on any atom is -0.369 e. The molecule has 0 unspecified atom stereocenters. The summed E-state index contributed by atoms with van der Waals surface area (Å²) in [5.74, 6) is -0.549. The van der Waals surface area contributed by atoms with E-state index in [1.165, 1.54) is 18.5 Å². The fourth-order valence-electron chi connectivity index (χ4n) is 4.94. The number of aryl methyl sites for hydroxylation is 1. The molecule has 0 atom stereocenters. The third kappa shape index (κ3) is 5.15. The van der Waals surface area contributed by atoms with Crippen LogP contribution in [0, 0.1) is 5.82 Å². The molecule has 3 N–H and O–H groups in total. The lowest BCUT2D eigenvalue weighted by Gasteiger charge is -2.17. The average molecular weight is 562 g/mol. The Balaban J connectivity index is 1.29. The van der Waals surface area contributed by atoms with Crippen LogP contribution in [0.25, 0.3) is 22.2 Å². The van der Waals surface area contributed by atoms with Gasteiger partial charge in [0.25, 0.3) is 5.91 Å². The molecule has 0 saturated heterocycles. The number of rotatable bonds is 5. The second-order valence-corrected chi connectivity index (χ2v) is 9.68. The van der Waals surface area contributed by atoms with Crippen molar-refractivity contribution in [2.75, 3.05) is 22.5 Å². The summed E-state index contributed by atoms with van der Waals surface area (Å²) in [7, 11) is 1.93.